The molecule has 0 spiro atoms. The van der Waals surface area contributed by atoms with E-state index in [9.17, 15) is 4.79 Å². The molecule has 0 aliphatic heterocycles. The van der Waals surface area contributed by atoms with Crippen LogP contribution in [0.3, 0.4) is 0 Å². The Morgan fingerprint density at radius 2 is 1.92 bits per heavy atom. The first-order valence-corrected chi connectivity index (χ1v) is 9.48. The first kappa shape index (κ1) is 17.7. The van der Waals surface area contributed by atoms with E-state index in [2.05, 4.69) is 31.4 Å². The van der Waals surface area contributed by atoms with E-state index in [1.54, 1.807) is 0 Å². The minimum Gasteiger partial charge on any atom is -0.325 e. The van der Waals surface area contributed by atoms with E-state index in [0.29, 0.717) is 5.16 Å². The van der Waals surface area contributed by atoms with Crippen molar-refractivity contribution in [2.75, 3.05) is 11.1 Å². The molecule has 3 aromatic rings. The molecule has 1 aromatic heterocycles. The van der Waals surface area contributed by atoms with Gasteiger partial charge in [0.05, 0.1) is 5.75 Å². The van der Waals surface area contributed by atoms with Crippen LogP contribution in [0.2, 0.25) is 0 Å². The Morgan fingerprint density at radius 1 is 1.16 bits per heavy atom. The van der Waals surface area contributed by atoms with E-state index in [0.717, 1.165) is 27.2 Å². The molecule has 0 fully saturated rings. The molecule has 25 heavy (non-hydrogen) atoms. The Morgan fingerprint density at radius 3 is 2.64 bits per heavy atom. The maximum absolute atomic E-state index is 12.2. The molecule has 0 aliphatic carbocycles. The molecule has 0 saturated heterocycles. The highest BCUT2D eigenvalue weighted by molar-refractivity contribution is 9.10. The minimum atomic E-state index is -0.0769. The molecule has 0 unspecified atom stereocenters. The van der Waals surface area contributed by atoms with Crippen molar-refractivity contribution in [1.29, 1.82) is 0 Å². The summed E-state index contributed by atoms with van der Waals surface area (Å²) in [7, 11) is 0. The van der Waals surface area contributed by atoms with E-state index in [1.807, 2.05) is 66.9 Å². The monoisotopic (exact) mass is 416 g/mol. The second-order valence-corrected chi connectivity index (χ2v) is 7.30. The third kappa shape index (κ3) is 4.29. The van der Waals surface area contributed by atoms with Gasteiger partial charge in [0, 0.05) is 15.8 Å². The molecule has 0 atom stereocenters. The molecule has 0 saturated carbocycles. The van der Waals surface area contributed by atoms with Gasteiger partial charge in [0.2, 0.25) is 5.91 Å². The number of amides is 1. The Bertz CT molecular complexity index is 895. The van der Waals surface area contributed by atoms with E-state index in [1.165, 1.54) is 11.8 Å². The third-order valence-corrected chi connectivity index (χ3v) is 5.40. The average molecular weight is 417 g/mol. The van der Waals surface area contributed by atoms with Gasteiger partial charge < -0.3 is 5.32 Å². The second kappa shape index (κ2) is 7.84. The van der Waals surface area contributed by atoms with Crippen LogP contribution >= 0.6 is 27.7 Å². The molecule has 0 bridgehead atoms. The van der Waals surface area contributed by atoms with Crippen molar-refractivity contribution in [2.24, 2.45) is 0 Å². The topological polar surface area (TPSA) is 59.8 Å². The highest BCUT2D eigenvalue weighted by atomic mass is 79.9. The SMILES string of the molecule is Cc1cc(NC(=O)CSc2nnc(C)n2-c2ccccc2)ccc1Br. The number of aryl methyl sites for hydroxylation is 2. The molecule has 3 rings (SSSR count). The number of carbonyl (C=O) groups excluding carboxylic acids is 1. The number of hydrogen-bond donors (Lipinski definition) is 1. The average Bonchev–Trinajstić information content (AvgIpc) is 2.98. The lowest BCUT2D eigenvalue weighted by Crippen LogP contribution is -2.14. The molecule has 0 aliphatic rings. The predicted octanol–water partition coefficient (Wildman–Crippen LogP) is 4.38. The number of aromatic nitrogens is 3. The Labute approximate surface area is 159 Å². The number of halogens is 1. The number of carbonyl (C=O) groups is 1. The summed E-state index contributed by atoms with van der Waals surface area (Å²) in [6.45, 7) is 3.88. The number of thioether (sulfide) groups is 1. The van der Waals surface area contributed by atoms with Crippen molar-refractivity contribution in [3.05, 3.63) is 64.4 Å². The van der Waals surface area contributed by atoms with E-state index in [4.69, 9.17) is 0 Å². The number of hydrogen-bond acceptors (Lipinski definition) is 4. The summed E-state index contributed by atoms with van der Waals surface area (Å²) in [4.78, 5) is 12.2. The van der Waals surface area contributed by atoms with Crippen LogP contribution in [0.25, 0.3) is 5.69 Å². The van der Waals surface area contributed by atoms with Gasteiger partial charge in [-0.2, -0.15) is 0 Å². The molecule has 7 heteroatoms. The zero-order valence-electron chi connectivity index (χ0n) is 13.9. The summed E-state index contributed by atoms with van der Waals surface area (Å²) in [6, 6.07) is 15.6. The van der Waals surface area contributed by atoms with Crippen molar-refractivity contribution in [3.63, 3.8) is 0 Å². The second-order valence-electron chi connectivity index (χ2n) is 5.50. The molecule has 1 N–H and O–H groups in total. The third-order valence-electron chi connectivity index (χ3n) is 3.58. The van der Waals surface area contributed by atoms with Crippen LogP contribution in [0.4, 0.5) is 5.69 Å². The fourth-order valence-corrected chi connectivity index (χ4v) is 3.40. The van der Waals surface area contributed by atoms with Crippen molar-refractivity contribution in [1.82, 2.24) is 14.8 Å². The van der Waals surface area contributed by atoms with Gasteiger partial charge in [0.15, 0.2) is 5.16 Å². The molecule has 1 heterocycles. The van der Waals surface area contributed by atoms with Crippen LogP contribution < -0.4 is 5.32 Å². The number of para-hydroxylation sites is 1. The van der Waals surface area contributed by atoms with Crippen LogP contribution in [0.15, 0.2) is 58.2 Å². The molecule has 128 valence electrons. The number of nitrogens with zero attached hydrogens (tertiary/aromatic N) is 3. The largest absolute Gasteiger partial charge is 0.325 e. The summed E-state index contributed by atoms with van der Waals surface area (Å²) in [5, 5.41) is 11.9. The van der Waals surface area contributed by atoms with Crippen LogP contribution in [0.5, 0.6) is 0 Å². The molecule has 0 radical (unpaired) electrons. The lowest BCUT2D eigenvalue weighted by Gasteiger charge is -2.09. The standard InChI is InChI=1S/C18H17BrN4OS/c1-12-10-14(8-9-16(12)19)20-17(24)11-25-18-22-21-13(2)23(18)15-6-4-3-5-7-15/h3-10H,11H2,1-2H3,(H,20,24). The lowest BCUT2D eigenvalue weighted by molar-refractivity contribution is -0.113. The summed E-state index contributed by atoms with van der Waals surface area (Å²) in [5.74, 6) is 0.977. The van der Waals surface area contributed by atoms with Gasteiger partial charge in [-0.15, -0.1) is 10.2 Å². The highest BCUT2D eigenvalue weighted by Crippen LogP contribution is 2.23. The van der Waals surface area contributed by atoms with Gasteiger partial charge in [0.1, 0.15) is 5.82 Å². The van der Waals surface area contributed by atoms with Gasteiger partial charge >= 0.3 is 0 Å². The first-order valence-electron chi connectivity index (χ1n) is 7.71. The normalized spacial score (nSPS) is 10.7. The van der Waals surface area contributed by atoms with Gasteiger partial charge in [-0.3, -0.25) is 9.36 Å². The van der Waals surface area contributed by atoms with E-state index >= 15 is 0 Å². The number of rotatable bonds is 5. The molecular weight excluding hydrogens is 400 g/mol. The molecular formula is C18H17BrN4OS. The van der Waals surface area contributed by atoms with Crippen LogP contribution in [0, 0.1) is 13.8 Å². The number of benzene rings is 2. The fraction of sp³-hybridized carbons (Fsp3) is 0.167. The first-order chi connectivity index (χ1) is 12.0. The fourth-order valence-electron chi connectivity index (χ4n) is 2.36. The summed E-state index contributed by atoms with van der Waals surface area (Å²) in [5.41, 5.74) is 2.84. The van der Waals surface area contributed by atoms with E-state index in [-0.39, 0.29) is 11.7 Å². The maximum Gasteiger partial charge on any atom is 0.234 e. The van der Waals surface area contributed by atoms with Crippen LogP contribution in [0.1, 0.15) is 11.4 Å². The van der Waals surface area contributed by atoms with Gasteiger partial charge in [-0.1, -0.05) is 45.9 Å². The van der Waals surface area contributed by atoms with Crippen LogP contribution in [-0.4, -0.2) is 26.4 Å². The van der Waals surface area contributed by atoms with Crippen molar-refractivity contribution < 1.29 is 4.79 Å². The molecule has 2 aromatic carbocycles. The van der Waals surface area contributed by atoms with Crippen molar-refractivity contribution >= 4 is 39.3 Å². The zero-order chi connectivity index (χ0) is 17.8. The van der Waals surface area contributed by atoms with Gasteiger partial charge in [-0.25, -0.2) is 0 Å². The smallest absolute Gasteiger partial charge is 0.234 e. The molecule has 5 nitrogen and oxygen atoms in total. The number of anilines is 1. The quantitative estimate of drug-likeness (QED) is 0.626. The van der Waals surface area contributed by atoms with Crippen molar-refractivity contribution in [2.45, 2.75) is 19.0 Å². The number of nitrogens with one attached hydrogen (secondary N) is 1. The lowest BCUT2D eigenvalue weighted by atomic mass is 10.2. The Balaban J connectivity index is 1.68. The Hall–Kier alpha value is -2.12. The maximum atomic E-state index is 12.2. The van der Waals surface area contributed by atoms with Crippen LogP contribution in [-0.2, 0) is 4.79 Å². The molecule has 1 amide bonds. The van der Waals surface area contributed by atoms with Crippen molar-refractivity contribution in [3.8, 4) is 5.69 Å². The zero-order valence-corrected chi connectivity index (χ0v) is 16.3. The summed E-state index contributed by atoms with van der Waals surface area (Å²) >= 11 is 4.82. The minimum absolute atomic E-state index is 0.0769. The van der Waals surface area contributed by atoms with Gasteiger partial charge in [-0.05, 0) is 49.7 Å². The highest BCUT2D eigenvalue weighted by Gasteiger charge is 2.13. The summed E-state index contributed by atoms with van der Waals surface area (Å²) < 4.78 is 2.97. The Kier molecular flexibility index (Phi) is 5.55. The predicted molar refractivity (Wildman–Crippen MR) is 104 cm³/mol. The van der Waals surface area contributed by atoms with E-state index < -0.39 is 0 Å². The summed E-state index contributed by atoms with van der Waals surface area (Å²) in [6.07, 6.45) is 0. The van der Waals surface area contributed by atoms with Gasteiger partial charge in [0.25, 0.3) is 0 Å².